The first-order chi connectivity index (χ1) is 11.9. The number of benzene rings is 1. The molecule has 0 atom stereocenters. The number of aromatic nitrogens is 2. The van der Waals surface area contributed by atoms with E-state index < -0.39 is 10.0 Å². The van der Waals surface area contributed by atoms with Crippen molar-refractivity contribution in [2.75, 3.05) is 36.4 Å². The van der Waals surface area contributed by atoms with Gasteiger partial charge in [0.05, 0.1) is 0 Å². The molecule has 1 saturated heterocycles. The second-order valence-corrected chi connectivity index (χ2v) is 8.51. The summed E-state index contributed by atoms with van der Waals surface area (Å²) in [4.78, 5) is 13.0. The van der Waals surface area contributed by atoms with Crippen LogP contribution < -0.4 is 10.2 Å². The van der Waals surface area contributed by atoms with Gasteiger partial charge in [-0.2, -0.15) is 4.31 Å². The van der Waals surface area contributed by atoms with Gasteiger partial charge in [-0.25, -0.2) is 12.8 Å². The summed E-state index contributed by atoms with van der Waals surface area (Å²) in [5, 5.41) is 9.91. The summed E-state index contributed by atoms with van der Waals surface area (Å²) in [5.41, 5.74) is 0.849. The van der Waals surface area contributed by atoms with Crippen LogP contribution in [-0.2, 0) is 14.8 Å². The number of hydrogen-bond donors (Lipinski definition) is 1. The van der Waals surface area contributed by atoms with Crippen LogP contribution >= 0.6 is 11.3 Å². The number of amides is 1. The molecule has 1 amide bonds. The zero-order valence-corrected chi connectivity index (χ0v) is 15.0. The molecule has 1 fully saturated rings. The Morgan fingerprint density at radius 3 is 2.40 bits per heavy atom. The molecular weight excluding hydrogens is 369 g/mol. The molecule has 2 heterocycles. The summed E-state index contributed by atoms with van der Waals surface area (Å²) < 4.78 is 39.4. The fraction of sp³-hybridized carbons (Fsp3) is 0.357. The average molecular weight is 385 g/mol. The van der Waals surface area contributed by atoms with Crippen molar-refractivity contribution >= 4 is 38.1 Å². The molecule has 1 N–H and O–H groups in total. The molecule has 1 aliphatic rings. The van der Waals surface area contributed by atoms with E-state index in [0.29, 0.717) is 13.1 Å². The van der Waals surface area contributed by atoms with E-state index in [1.807, 2.05) is 4.90 Å². The van der Waals surface area contributed by atoms with E-state index in [2.05, 4.69) is 15.5 Å². The van der Waals surface area contributed by atoms with Gasteiger partial charge in [-0.1, -0.05) is 11.3 Å². The van der Waals surface area contributed by atoms with Crippen LogP contribution in [0.5, 0.6) is 0 Å². The number of piperazine rings is 1. The predicted molar refractivity (Wildman–Crippen MR) is 91.6 cm³/mol. The Hall–Kier alpha value is -2.11. The van der Waals surface area contributed by atoms with Gasteiger partial charge in [0.1, 0.15) is 5.82 Å². The summed E-state index contributed by atoms with van der Waals surface area (Å²) in [7, 11) is -3.75. The van der Waals surface area contributed by atoms with Gasteiger partial charge in [0.25, 0.3) is 10.0 Å². The highest BCUT2D eigenvalue weighted by Crippen LogP contribution is 2.25. The number of hydrogen-bond acceptors (Lipinski definition) is 7. The van der Waals surface area contributed by atoms with Crippen LogP contribution in [0.25, 0.3) is 0 Å². The molecule has 0 unspecified atom stereocenters. The first kappa shape index (κ1) is 17.7. The molecule has 1 aromatic carbocycles. The van der Waals surface area contributed by atoms with Crippen LogP contribution in [0.3, 0.4) is 0 Å². The van der Waals surface area contributed by atoms with Gasteiger partial charge in [-0.3, -0.25) is 4.79 Å². The number of rotatable bonds is 4. The first-order valence-electron chi connectivity index (χ1n) is 7.48. The van der Waals surface area contributed by atoms with Crippen molar-refractivity contribution in [2.24, 2.45) is 0 Å². The summed E-state index contributed by atoms with van der Waals surface area (Å²) >= 11 is 0.822. The Kier molecular flexibility index (Phi) is 4.97. The van der Waals surface area contributed by atoms with E-state index >= 15 is 0 Å². The lowest BCUT2D eigenvalue weighted by Crippen LogP contribution is -2.48. The van der Waals surface area contributed by atoms with Crippen molar-refractivity contribution in [1.82, 2.24) is 14.5 Å². The Balaban J connectivity index is 1.68. The smallest absolute Gasteiger partial charge is 0.272 e. The summed E-state index contributed by atoms with van der Waals surface area (Å²) in [5.74, 6) is -0.649. The second kappa shape index (κ2) is 7.02. The number of anilines is 2. The standard InChI is InChI=1S/C14H16FN5O3S2/c1-10(21)16-13-17-18-14(24-13)25(22,23)20-8-6-19(7-9-20)12-4-2-11(15)3-5-12/h2-5H,6-9H2,1H3,(H,16,17,21). The quantitative estimate of drug-likeness (QED) is 0.793. The Morgan fingerprint density at radius 1 is 1.16 bits per heavy atom. The highest BCUT2D eigenvalue weighted by atomic mass is 32.2. The molecule has 0 spiro atoms. The van der Waals surface area contributed by atoms with Crippen LogP contribution in [0.4, 0.5) is 15.2 Å². The first-order valence-corrected chi connectivity index (χ1v) is 9.74. The van der Waals surface area contributed by atoms with Crippen molar-refractivity contribution in [3.05, 3.63) is 30.1 Å². The minimum atomic E-state index is -3.75. The zero-order valence-electron chi connectivity index (χ0n) is 13.3. The highest BCUT2D eigenvalue weighted by molar-refractivity contribution is 7.91. The molecule has 3 rings (SSSR count). The van der Waals surface area contributed by atoms with Gasteiger partial charge >= 0.3 is 0 Å². The molecule has 11 heteroatoms. The normalized spacial score (nSPS) is 16.0. The average Bonchev–Trinajstić information content (AvgIpc) is 3.04. The van der Waals surface area contributed by atoms with Crippen molar-refractivity contribution in [3.63, 3.8) is 0 Å². The molecule has 0 bridgehead atoms. The second-order valence-electron chi connectivity index (χ2n) is 5.42. The molecule has 0 aliphatic carbocycles. The van der Waals surface area contributed by atoms with Crippen molar-refractivity contribution in [2.45, 2.75) is 11.3 Å². The number of nitrogens with zero attached hydrogens (tertiary/aromatic N) is 4. The molecule has 1 aromatic heterocycles. The third-order valence-corrected chi connectivity index (χ3v) is 6.76. The number of nitrogens with one attached hydrogen (secondary N) is 1. The maximum absolute atomic E-state index is 13.0. The topological polar surface area (TPSA) is 95.5 Å². The maximum atomic E-state index is 13.0. The SMILES string of the molecule is CC(=O)Nc1nnc(S(=O)(=O)N2CCN(c3ccc(F)cc3)CC2)s1. The third kappa shape index (κ3) is 3.94. The zero-order chi connectivity index (χ0) is 18.0. The van der Waals surface area contributed by atoms with Crippen molar-refractivity contribution in [3.8, 4) is 0 Å². The minimum Gasteiger partial charge on any atom is -0.369 e. The summed E-state index contributed by atoms with van der Waals surface area (Å²) in [6.07, 6.45) is 0. The molecule has 0 saturated carbocycles. The summed E-state index contributed by atoms with van der Waals surface area (Å²) in [6, 6.07) is 6.10. The molecule has 1 aliphatic heterocycles. The van der Waals surface area contributed by atoms with E-state index in [1.54, 1.807) is 12.1 Å². The lowest BCUT2D eigenvalue weighted by atomic mass is 10.2. The maximum Gasteiger partial charge on any atom is 0.272 e. The molecule has 134 valence electrons. The fourth-order valence-corrected chi connectivity index (χ4v) is 4.97. The van der Waals surface area contributed by atoms with Gasteiger partial charge < -0.3 is 10.2 Å². The van der Waals surface area contributed by atoms with E-state index in [0.717, 1.165) is 17.0 Å². The van der Waals surface area contributed by atoms with Crippen LogP contribution in [-0.4, -0.2) is 55.0 Å². The van der Waals surface area contributed by atoms with E-state index in [9.17, 15) is 17.6 Å². The largest absolute Gasteiger partial charge is 0.369 e. The minimum absolute atomic E-state index is 0.147. The van der Waals surface area contributed by atoms with E-state index in [-0.39, 0.29) is 34.3 Å². The van der Waals surface area contributed by atoms with Gasteiger partial charge in [0.2, 0.25) is 15.4 Å². The van der Waals surface area contributed by atoms with E-state index in [4.69, 9.17) is 0 Å². The molecule has 2 aromatic rings. The monoisotopic (exact) mass is 385 g/mol. The lowest BCUT2D eigenvalue weighted by molar-refractivity contribution is -0.114. The number of carbonyl (C=O) groups is 1. The predicted octanol–water partition coefficient (Wildman–Crippen LogP) is 1.15. The molecule has 0 radical (unpaired) electrons. The van der Waals surface area contributed by atoms with Gasteiger partial charge in [-0.05, 0) is 24.3 Å². The van der Waals surface area contributed by atoms with Gasteiger partial charge in [0, 0.05) is 38.8 Å². The van der Waals surface area contributed by atoms with Gasteiger partial charge in [-0.15, -0.1) is 10.2 Å². The van der Waals surface area contributed by atoms with Crippen LogP contribution in [0.15, 0.2) is 28.6 Å². The summed E-state index contributed by atoms with van der Waals surface area (Å²) in [6.45, 7) is 2.86. The Morgan fingerprint density at radius 2 is 1.80 bits per heavy atom. The number of halogens is 1. The molecular formula is C14H16FN5O3S2. The highest BCUT2D eigenvalue weighted by Gasteiger charge is 2.31. The van der Waals surface area contributed by atoms with E-state index in [1.165, 1.54) is 23.4 Å². The molecule has 8 nitrogen and oxygen atoms in total. The van der Waals surface area contributed by atoms with Crippen LogP contribution in [0.1, 0.15) is 6.92 Å². The number of carbonyl (C=O) groups excluding carboxylic acids is 1. The molecule has 25 heavy (non-hydrogen) atoms. The van der Waals surface area contributed by atoms with Crippen LogP contribution in [0.2, 0.25) is 0 Å². The van der Waals surface area contributed by atoms with Gasteiger partial charge in [0.15, 0.2) is 0 Å². The van der Waals surface area contributed by atoms with Crippen molar-refractivity contribution in [1.29, 1.82) is 0 Å². The fourth-order valence-electron chi connectivity index (χ4n) is 2.46. The van der Waals surface area contributed by atoms with Crippen molar-refractivity contribution < 1.29 is 17.6 Å². The third-order valence-electron chi connectivity index (χ3n) is 3.68. The Bertz CT molecular complexity index is 861. The number of sulfonamides is 1. The lowest BCUT2D eigenvalue weighted by Gasteiger charge is -2.34. The van der Waals surface area contributed by atoms with Crippen LogP contribution in [0, 0.1) is 5.82 Å². The Labute approximate surface area is 148 Å².